The molecule has 26 heavy (non-hydrogen) atoms. The van der Waals surface area contributed by atoms with E-state index in [9.17, 15) is 5.26 Å². The molecule has 3 aromatic heterocycles. The number of benzene rings is 1. The van der Waals surface area contributed by atoms with Crippen molar-refractivity contribution in [2.75, 3.05) is 5.32 Å². The van der Waals surface area contributed by atoms with E-state index in [0.29, 0.717) is 6.54 Å². The summed E-state index contributed by atoms with van der Waals surface area (Å²) >= 11 is 0. The highest BCUT2D eigenvalue weighted by Crippen LogP contribution is 2.22. The van der Waals surface area contributed by atoms with Gasteiger partial charge in [0.25, 0.3) is 0 Å². The Morgan fingerprint density at radius 2 is 2.12 bits per heavy atom. The molecule has 5 heteroatoms. The second kappa shape index (κ2) is 6.85. The molecule has 0 aliphatic carbocycles. The molecule has 0 amide bonds. The SMILES string of the molecule is CCCc1cc(NCc2ccc[nH+]c2)[n+]2c([nH]c3ccccc32)c1C#N. The van der Waals surface area contributed by atoms with Gasteiger partial charge in [0, 0.05) is 17.7 Å². The van der Waals surface area contributed by atoms with Crippen LogP contribution in [0.3, 0.4) is 0 Å². The topological polar surface area (TPSA) is 69.8 Å². The molecular weight excluding hydrogens is 322 g/mol. The van der Waals surface area contributed by atoms with E-state index < -0.39 is 0 Å². The summed E-state index contributed by atoms with van der Waals surface area (Å²) in [5, 5.41) is 13.3. The number of rotatable bonds is 5. The maximum Gasteiger partial charge on any atom is 0.250 e. The molecule has 0 atom stereocenters. The van der Waals surface area contributed by atoms with Gasteiger partial charge in [-0.2, -0.15) is 9.66 Å². The summed E-state index contributed by atoms with van der Waals surface area (Å²) < 4.78 is 2.11. The number of pyridine rings is 2. The van der Waals surface area contributed by atoms with Crippen molar-refractivity contribution in [2.24, 2.45) is 0 Å². The Morgan fingerprint density at radius 3 is 2.88 bits per heavy atom. The van der Waals surface area contributed by atoms with Gasteiger partial charge in [-0.3, -0.25) is 4.98 Å². The molecule has 0 fully saturated rings. The molecule has 4 aromatic rings. The van der Waals surface area contributed by atoms with E-state index in [2.05, 4.69) is 50.9 Å². The third-order valence-electron chi connectivity index (χ3n) is 4.61. The number of aromatic amines is 2. The zero-order chi connectivity index (χ0) is 17.9. The molecule has 1 aromatic carbocycles. The Kier molecular flexibility index (Phi) is 4.24. The van der Waals surface area contributed by atoms with Gasteiger partial charge >= 0.3 is 0 Å². The lowest BCUT2D eigenvalue weighted by atomic mass is 10.1. The molecule has 5 nitrogen and oxygen atoms in total. The molecule has 3 heterocycles. The number of para-hydroxylation sites is 2. The van der Waals surface area contributed by atoms with E-state index >= 15 is 0 Å². The Hall–Kier alpha value is -3.39. The van der Waals surface area contributed by atoms with Crippen molar-refractivity contribution in [1.29, 1.82) is 5.26 Å². The lowest BCUT2D eigenvalue weighted by molar-refractivity contribution is -0.465. The first-order chi connectivity index (χ1) is 12.8. The van der Waals surface area contributed by atoms with Crippen LogP contribution < -0.4 is 14.7 Å². The van der Waals surface area contributed by atoms with Crippen molar-refractivity contribution in [2.45, 2.75) is 26.3 Å². The molecule has 128 valence electrons. The van der Waals surface area contributed by atoms with Gasteiger partial charge in [-0.25, -0.2) is 4.98 Å². The fraction of sp³-hybridized carbons (Fsp3) is 0.190. The van der Waals surface area contributed by atoms with E-state index in [1.165, 1.54) is 5.56 Å². The number of nitrogens with zero attached hydrogens (tertiary/aromatic N) is 2. The first kappa shape index (κ1) is 16.1. The zero-order valence-corrected chi connectivity index (χ0v) is 14.7. The first-order valence-electron chi connectivity index (χ1n) is 8.89. The summed E-state index contributed by atoms with van der Waals surface area (Å²) in [4.78, 5) is 6.54. The molecule has 4 rings (SSSR count). The monoisotopic (exact) mass is 343 g/mol. The minimum atomic E-state index is 0.705. The average Bonchev–Trinajstić information content (AvgIpc) is 3.07. The van der Waals surface area contributed by atoms with Gasteiger partial charge in [0.2, 0.25) is 11.5 Å². The summed E-state index contributed by atoms with van der Waals surface area (Å²) in [6.07, 6.45) is 5.76. The molecule has 0 bridgehead atoms. The molecule has 3 N–H and O–H groups in total. The Balaban J connectivity index is 1.90. The van der Waals surface area contributed by atoms with E-state index in [-0.39, 0.29) is 0 Å². The number of anilines is 1. The van der Waals surface area contributed by atoms with Gasteiger partial charge in [0.15, 0.2) is 12.4 Å². The molecule has 0 spiro atoms. The maximum atomic E-state index is 9.76. The Labute approximate surface area is 151 Å². The molecule has 0 saturated heterocycles. The van der Waals surface area contributed by atoms with Crippen LogP contribution in [0, 0.1) is 11.3 Å². The predicted octanol–water partition coefficient (Wildman–Crippen LogP) is 3.16. The number of nitrogens with one attached hydrogen (secondary N) is 3. The Morgan fingerprint density at radius 1 is 1.23 bits per heavy atom. The van der Waals surface area contributed by atoms with Crippen molar-refractivity contribution in [3.8, 4) is 6.07 Å². The smallest absolute Gasteiger partial charge is 0.250 e. The number of hydrogen-bond acceptors (Lipinski definition) is 2. The lowest BCUT2D eigenvalue weighted by Gasteiger charge is -2.08. The van der Waals surface area contributed by atoms with E-state index in [0.717, 1.165) is 46.5 Å². The zero-order valence-electron chi connectivity index (χ0n) is 14.7. The molecule has 0 unspecified atom stereocenters. The summed E-state index contributed by atoms with van der Waals surface area (Å²) in [6, 6.07) is 16.7. The van der Waals surface area contributed by atoms with Gasteiger partial charge in [0.05, 0.1) is 6.54 Å². The normalized spacial score (nSPS) is 10.9. The van der Waals surface area contributed by atoms with Crippen molar-refractivity contribution in [1.82, 2.24) is 4.98 Å². The van der Waals surface area contributed by atoms with Gasteiger partial charge in [0.1, 0.15) is 22.7 Å². The molecule has 0 radical (unpaired) electrons. The minimum Gasteiger partial charge on any atom is -0.301 e. The lowest BCUT2D eigenvalue weighted by Crippen LogP contribution is -2.27. The van der Waals surface area contributed by atoms with Crippen LogP contribution in [-0.2, 0) is 13.0 Å². The highest BCUT2D eigenvalue weighted by Gasteiger charge is 2.21. The van der Waals surface area contributed by atoms with Gasteiger partial charge in [-0.05, 0) is 30.2 Å². The van der Waals surface area contributed by atoms with Crippen molar-refractivity contribution >= 4 is 22.5 Å². The van der Waals surface area contributed by atoms with E-state index in [1.54, 1.807) is 0 Å². The standard InChI is InChI=1S/C21H19N5/c1-2-6-16-11-20(24-14-15-7-5-10-23-13-15)26-19-9-4-3-8-18(19)25-21(26)17(16)12-22/h3-5,7-11,13H,2,6,14H2,1H3,(H,24,25)/p+2. The number of nitriles is 1. The largest absolute Gasteiger partial charge is 0.301 e. The second-order valence-corrected chi connectivity index (χ2v) is 6.38. The minimum absolute atomic E-state index is 0.705. The van der Waals surface area contributed by atoms with Crippen LogP contribution in [-0.4, -0.2) is 4.98 Å². The fourth-order valence-electron chi connectivity index (χ4n) is 3.41. The Bertz CT molecular complexity index is 1110. The summed E-state index contributed by atoms with van der Waals surface area (Å²) in [7, 11) is 0. The number of aromatic nitrogens is 3. The fourth-order valence-corrected chi connectivity index (χ4v) is 3.41. The van der Waals surface area contributed by atoms with Crippen LogP contribution in [0.1, 0.15) is 30.0 Å². The number of hydrogen-bond donors (Lipinski definition) is 2. The van der Waals surface area contributed by atoms with Crippen LogP contribution in [0.15, 0.2) is 54.9 Å². The highest BCUT2D eigenvalue weighted by molar-refractivity contribution is 5.77. The maximum absolute atomic E-state index is 9.76. The average molecular weight is 343 g/mol. The number of imidazole rings is 1. The second-order valence-electron chi connectivity index (χ2n) is 6.38. The molecule has 0 aliphatic heterocycles. The summed E-state index contributed by atoms with van der Waals surface area (Å²) in [5.41, 5.74) is 5.90. The third-order valence-corrected chi connectivity index (χ3v) is 4.61. The van der Waals surface area contributed by atoms with Crippen LogP contribution in [0.5, 0.6) is 0 Å². The van der Waals surface area contributed by atoms with Crippen LogP contribution in [0.25, 0.3) is 16.7 Å². The van der Waals surface area contributed by atoms with Crippen molar-refractivity contribution in [3.63, 3.8) is 0 Å². The van der Waals surface area contributed by atoms with E-state index in [4.69, 9.17) is 0 Å². The van der Waals surface area contributed by atoms with Crippen LogP contribution in [0.2, 0.25) is 0 Å². The summed E-state index contributed by atoms with van der Waals surface area (Å²) in [6.45, 7) is 2.84. The number of aryl methyl sites for hydroxylation is 1. The molecule has 0 aliphatic rings. The molecular formula is C21H21N5+2. The first-order valence-corrected chi connectivity index (χ1v) is 8.89. The highest BCUT2D eigenvalue weighted by atomic mass is 15.1. The van der Waals surface area contributed by atoms with Crippen molar-refractivity contribution in [3.05, 3.63) is 71.5 Å². The van der Waals surface area contributed by atoms with Gasteiger partial charge in [-0.1, -0.05) is 25.5 Å². The van der Waals surface area contributed by atoms with Crippen LogP contribution >= 0.6 is 0 Å². The van der Waals surface area contributed by atoms with E-state index in [1.807, 2.05) is 36.7 Å². The van der Waals surface area contributed by atoms with Crippen LogP contribution in [0.4, 0.5) is 5.82 Å². The summed E-state index contributed by atoms with van der Waals surface area (Å²) in [5.74, 6) is 0.990. The quantitative estimate of drug-likeness (QED) is 0.547. The molecule has 0 saturated carbocycles. The van der Waals surface area contributed by atoms with Gasteiger partial charge in [-0.15, -0.1) is 0 Å². The number of H-pyrrole nitrogens is 2. The van der Waals surface area contributed by atoms with Gasteiger partial charge < -0.3 is 5.32 Å². The third kappa shape index (κ3) is 2.76. The number of fused-ring (bicyclic) bond motifs is 3. The van der Waals surface area contributed by atoms with Crippen molar-refractivity contribution < 1.29 is 9.38 Å². The predicted molar refractivity (Wildman–Crippen MR) is 100 cm³/mol.